The van der Waals surface area contributed by atoms with E-state index in [4.69, 9.17) is 14.5 Å². The van der Waals surface area contributed by atoms with Crippen molar-refractivity contribution < 1.29 is 9.47 Å². The van der Waals surface area contributed by atoms with Gasteiger partial charge in [-0.15, -0.1) is 0 Å². The molecule has 3 rings (SSSR count). The summed E-state index contributed by atoms with van der Waals surface area (Å²) in [6, 6.07) is 0. The van der Waals surface area contributed by atoms with Crippen molar-refractivity contribution in [1.82, 2.24) is 9.97 Å². The second kappa shape index (κ2) is 8.81. The maximum Gasteiger partial charge on any atom is 0.227 e. The highest BCUT2D eigenvalue weighted by Crippen LogP contribution is 2.27. The van der Waals surface area contributed by atoms with Crippen molar-refractivity contribution in [3.05, 3.63) is 11.8 Å². The van der Waals surface area contributed by atoms with Crippen LogP contribution in [0.5, 0.6) is 0 Å². The number of ether oxygens (including phenoxy) is 2. The summed E-state index contributed by atoms with van der Waals surface area (Å²) in [5.41, 5.74) is 1.17. The van der Waals surface area contributed by atoms with E-state index in [1.807, 2.05) is 6.20 Å². The molecule has 2 fully saturated rings. The Kier molecular flexibility index (Phi) is 6.48. The number of aryl methyl sites for hydroxylation is 1. The Labute approximate surface area is 151 Å². The molecule has 1 aromatic heterocycles. The third-order valence-corrected chi connectivity index (χ3v) is 5.55. The van der Waals surface area contributed by atoms with Gasteiger partial charge in [-0.05, 0) is 44.4 Å². The van der Waals surface area contributed by atoms with Crippen LogP contribution >= 0.6 is 0 Å². The molecular formula is C19H32N4O2. The molecule has 0 bridgehead atoms. The predicted octanol–water partition coefficient (Wildman–Crippen LogP) is 2.51. The zero-order chi connectivity index (χ0) is 17.6. The smallest absolute Gasteiger partial charge is 0.227 e. The van der Waals surface area contributed by atoms with E-state index in [1.54, 1.807) is 14.2 Å². The number of hydrogen-bond acceptors (Lipinski definition) is 6. The average molecular weight is 348 g/mol. The van der Waals surface area contributed by atoms with Crippen LogP contribution in [0, 0.1) is 18.8 Å². The molecule has 0 N–H and O–H groups in total. The molecule has 0 amide bonds. The quantitative estimate of drug-likeness (QED) is 0.787. The number of piperidine rings is 2. The van der Waals surface area contributed by atoms with Gasteiger partial charge in [-0.1, -0.05) is 0 Å². The minimum Gasteiger partial charge on any atom is -0.384 e. The molecule has 0 unspecified atom stereocenters. The minimum atomic E-state index is 0.672. The predicted molar refractivity (Wildman–Crippen MR) is 100 cm³/mol. The zero-order valence-corrected chi connectivity index (χ0v) is 15.9. The van der Waals surface area contributed by atoms with Crippen LogP contribution in [0.3, 0.4) is 0 Å². The van der Waals surface area contributed by atoms with E-state index in [1.165, 1.54) is 18.4 Å². The van der Waals surface area contributed by atoms with Crippen LogP contribution in [0.15, 0.2) is 6.20 Å². The number of anilines is 2. The maximum atomic E-state index is 5.31. The Hall–Kier alpha value is -1.40. The molecule has 2 aliphatic heterocycles. The number of hydrogen-bond donors (Lipinski definition) is 0. The first-order valence-electron chi connectivity index (χ1n) is 9.52. The molecule has 0 atom stereocenters. The van der Waals surface area contributed by atoms with Crippen LogP contribution in [0.25, 0.3) is 0 Å². The van der Waals surface area contributed by atoms with Gasteiger partial charge in [0.2, 0.25) is 5.95 Å². The fraction of sp³-hybridized carbons (Fsp3) is 0.789. The summed E-state index contributed by atoms with van der Waals surface area (Å²) in [5.74, 6) is 3.35. The van der Waals surface area contributed by atoms with Gasteiger partial charge in [0.25, 0.3) is 0 Å². The normalized spacial score (nSPS) is 20.3. The maximum absolute atomic E-state index is 5.31. The molecule has 0 aliphatic carbocycles. The summed E-state index contributed by atoms with van der Waals surface area (Å²) in [4.78, 5) is 14.3. The summed E-state index contributed by atoms with van der Waals surface area (Å²) in [6.45, 7) is 8.01. The van der Waals surface area contributed by atoms with Gasteiger partial charge in [-0.3, -0.25) is 0 Å². The van der Waals surface area contributed by atoms with Gasteiger partial charge < -0.3 is 19.3 Å². The van der Waals surface area contributed by atoms with Crippen LogP contribution in [0.4, 0.5) is 11.8 Å². The topological polar surface area (TPSA) is 50.7 Å². The lowest BCUT2D eigenvalue weighted by atomic mass is 9.97. The Morgan fingerprint density at radius 2 is 1.44 bits per heavy atom. The second-order valence-electron chi connectivity index (χ2n) is 7.45. The molecule has 0 aromatic carbocycles. The molecule has 2 aliphatic rings. The first-order chi connectivity index (χ1) is 12.2. The summed E-state index contributed by atoms with van der Waals surface area (Å²) >= 11 is 0. The fourth-order valence-corrected chi connectivity index (χ4v) is 3.98. The Bertz CT molecular complexity index is 538. The van der Waals surface area contributed by atoms with Crippen LogP contribution in [-0.4, -0.2) is 63.6 Å². The summed E-state index contributed by atoms with van der Waals surface area (Å²) in [6.07, 6.45) is 6.65. The van der Waals surface area contributed by atoms with Crippen LogP contribution in [0.1, 0.15) is 31.2 Å². The van der Waals surface area contributed by atoms with Gasteiger partial charge in [-0.25, -0.2) is 4.98 Å². The van der Waals surface area contributed by atoms with Crippen molar-refractivity contribution in [2.45, 2.75) is 32.6 Å². The van der Waals surface area contributed by atoms with Crippen molar-refractivity contribution in [1.29, 1.82) is 0 Å². The highest BCUT2D eigenvalue weighted by Gasteiger charge is 2.24. The van der Waals surface area contributed by atoms with Crippen molar-refractivity contribution in [3.63, 3.8) is 0 Å². The number of nitrogens with zero attached hydrogens (tertiary/aromatic N) is 4. The van der Waals surface area contributed by atoms with Gasteiger partial charge in [0, 0.05) is 65.4 Å². The van der Waals surface area contributed by atoms with E-state index in [0.29, 0.717) is 11.8 Å². The molecule has 6 nitrogen and oxygen atoms in total. The molecular weight excluding hydrogens is 316 g/mol. The lowest BCUT2D eigenvalue weighted by Gasteiger charge is -2.35. The molecule has 0 spiro atoms. The molecule has 0 saturated carbocycles. The van der Waals surface area contributed by atoms with Crippen molar-refractivity contribution in [2.75, 3.05) is 63.4 Å². The first-order valence-corrected chi connectivity index (χ1v) is 9.52. The fourth-order valence-electron chi connectivity index (χ4n) is 3.98. The lowest BCUT2D eigenvalue weighted by Crippen LogP contribution is -2.38. The zero-order valence-electron chi connectivity index (χ0n) is 15.9. The number of methoxy groups -OCH3 is 2. The molecule has 25 heavy (non-hydrogen) atoms. The standard InChI is InChI=1S/C19H32N4O2/c1-15-12-20-19(23-10-6-17(7-11-23)14-25-3)21-18(15)22-8-4-16(5-9-22)13-24-2/h12,16-17H,4-11,13-14H2,1-3H3. The van der Waals surface area contributed by atoms with Gasteiger partial charge >= 0.3 is 0 Å². The SMILES string of the molecule is COCC1CCN(c2ncc(C)c(N3CCC(COC)CC3)n2)CC1. The molecule has 3 heterocycles. The van der Waals surface area contributed by atoms with E-state index in [0.717, 1.165) is 64.0 Å². The molecule has 140 valence electrons. The second-order valence-corrected chi connectivity index (χ2v) is 7.45. The molecule has 6 heteroatoms. The van der Waals surface area contributed by atoms with Crippen molar-refractivity contribution >= 4 is 11.8 Å². The van der Waals surface area contributed by atoms with Crippen molar-refractivity contribution in [2.24, 2.45) is 11.8 Å². The Balaban J connectivity index is 1.63. The third-order valence-electron chi connectivity index (χ3n) is 5.55. The molecule has 0 radical (unpaired) electrons. The first kappa shape index (κ1) is 18.4. The van der Waals surface area contributed by atoms with E-state index < -0.39 is 0 Å². The van der Waals surface area contributed by atoms with Crippen LogP contribution in [0.2, 0.25) is 0 Å². The van der Waals surface area contributed by atoms with Gasteiger partial charge in [0.05, 0.1) is 0 Å². The summed E-state index contributed by atoms with van der Waals surface area (Å²) in [7, 11) is 3.58. The molecule has 2 saturated heterocycles. The largest absolute Gasteiger partial charge is 0.384 e. The van der Waals surface area contributed by atoms with Crippen LogP contribution in [-0.2, 0) is 9.47 Å². The lowest BCUT2D eigenvalue weighted by molar-refractivity contribution is 0.138. The summed E-state index contributed by atoms with van der Waals surface area (Å²) < 4.78 is 10.6. The van der Waals surface area contributed by atoms with Gasteiger partial charge in [0.1, 0.15) is 5.82 Å². The number of rotatable bonds is 6. The summed E-state index contributed by atoms with van der Waals surface area (Å²) in [5, 5.41) is 0. The highest BCUT2D eigenvalue weighted by molar-refractivity contribution is 5.50. The van der Waals surface area contributed by atoms with Crippen LogP contribution < -0.4 is 9.80 Å². The van der Waals surface area contributed by atoms with E-state index in [9.17, 15) is 0 Å². The van der Waals surface area contributed by atoms with Crippen molar-refractivity contribution in [3.8, 4) is 0 Å². The highest BCUT2D eigenvalue weighted by atomic mass is 16.5. The van der Waals surface area contributed by atoms with E-state index in [2.05, 4.69) is 21.7 Å². The molecule has 1 aromatic rings. The van der Waals surface area contributed by atoms with Gasteiger partial charge in [-0.2, -0.15) is 4.98 Å². The monoisotopic (exact) mass is 348 g/mol. The Morgan fingerprint density at radius 3 is 1.96 bits per heavy atom. The third kappa shape index (κ3) is 4.61. The average Bonchev–Trinajstić information content (AvgIpc) is 2.64. The number of aromatic nitrogens is 2. The van der Waals surface area contributed by atoms with Gasteiger partial charge in [0.15, 0.2) is 0 Å². The minimum absolute atomic E-state index is 0.672. The van der Waals surface area contributed by atoms with E-state index in [-0.39, 0.29) is 0 Å². The Morgan fingerprint density at radius 1 is 0.920 bits per heavy atom. The van der Waals surface area contributed by atoms with E-state index >= 15 is 0 Å².